The topological polar surface area (TPSA) is 88.4 Å². The van der Waals surface area contributed by atoms with Crippen LogP contribution in [0.2, 0.25) is 0 Å². The van der Waals surface area contributed by atoms with Crippen LogP contribution in [0.5, 0.6) is 5.88 Å². The molecule has 2 rings (SSSR count). The number of nitrogens with zero attached hydrogens (tertiary/aromatic N) is 2. The van der Waals surface area contributed by atoms with Crippen molar-refractivity contribution in [2.24, 2.45) is 10.8 Å². The summed E-state index contributed by atoms with van der Waals surface area (Å²) in [6, 6.07) is 12.1. The minimum Gasteiger partial charge on any atom is -0.482 e. The third kappa shape index (κ3) is 4.10. The third-order valence-electron chi connectivity index (χ3n) is 2.92. The van der Waals surface area contributed by atoms with E-state index >= 15 is 0 Å². The monoisotopic (exact) mass is 285 g/mol. The smallest absolute Gasteiger partial charge is 0.206 e. The van der Waals surface area contributed by atoms with Crippen LogP contribution in [-0.4, -0.2) is 23.9 Å². The average molecular weight is 285 g/mol. The van der Waals surface area contributed by atoms with E-state index in [0.717, 1.165) is 30.0 Å². The molecule has 0 amide bonds. The fourth-order valence-electron chi connectivity index (χ4n) is 1.99. The van der Waals surface area contributed by atoms with Gasteiger partial charge in [-0.3, -0.25) is 9.98 Å². The number of hydrazone groups is 1. The van der Waals surface area contributed by atoms with E-state index in [0.29, 0.717) is 0 Å². The van der Waals surface area contributed by atoms with Gasteiger partial charge >= 0.3 is 0 Å². The van der Waals surface area contributed by atoms with Crippen LogP contribution < -0.4 is 15.9 Å². The Kier molecular flexibility index (Phi) is 4.98. The Hall–Kier alpha value is -2.76. The molecule has 0 aliphatic carbocycles. The first kappa shape index (κ1) is 14.6. The zero-order valence-electron chi connectivity index (χ0n) is 11.9. The molecule has 0 aliphatic heterocycles. The molecule has 0 bridgehead atoms. The van der Waals surface area contributed by atoms with Gasteiger partial charge in [-0.1, -0.05) is 18.2 Å². The normalized spacial score (nSPS) is 10.7. The summed E-state index contributed by atoms with van der Waals surface area (Å²) in [5.41, 5.74) is 9.74. The number of methoxy groups -OCH3 is 1. The lowest BCUT2D eigenvalue weighted by atomic mass is 10.2. The minimum absolute atomic E-state index is 0.164. The molecule has 0 radical (unpaired) electrons. The number of hydrogen-bond donors (Lipinski definition) is 3. The van der Waals surface area contributed by atoms with Crippen molar-refractivity contribution in [3.05, 3.63) is 48.2 Å². The van der Waals surface area contributed by atoms with Gasteiger partial charge in [0.05, 0.1) is 7.11 Å². The van der Waals surface area contributed by atoms with E-state index in [1.54, 1.807) is 13.3 Å². The largest absolute Gasteiger partial charge is 0.482 e. The predicted molar refractivity (Wildman–Crippen MR) is 84.2 cm³/mol. The molecule has 0 saturated carbocycles. The molecule has 0 fully saturated rings. The summed E-state index contributed by atoms with van der Waals surface area (Å²) < 4.78 is 7.43. The molecule has 2 aromatic rings. The highest BCUT2D eigenvalue weighted by Gasteiger charge is 2.07. The maximum absolute atomic E-state index is 6.98. The SMILES string of the molecule is COc1cc(CCC=NNC(=N)N)cn1-c1ccccc1. The highest BCUT2D eigenvalue weighted by Crippen LogP contribution is 2.22. The molecular formula is C15H19N5O. The number of rotatable bonds is 6. The molecule has 110 valence electrons. The van der Waals surface area contributed by atoms with Gasteiger partial charge in [-0.15, -0.1) is 0 Å². The van der Waals surface area contributed by atoms with Crippen molar-refractivity contribution < 1.29 is 4.74 Å². The van der Waals surface area contributed by atoms with E-state index in [9.17, 15) is 0 Å². The Morgan fingerprint density at radius 1 is 1.43 bits per heavy atom. The lowest BCUT2D eigenvalue weighted by Gasteiger charge is -2.06. The number of nitrogens with one attached hydrogen (secondary N) is 2. The molecule has 21 heavy (non-hydrogen) atoms. The summed E-state index contributed by atoms with van der Waals surface area (Å²) >= 11 is 0. The molecule has 0 spiro atoms. The van der Waals surface area contributed by atoms with Gasteiger partial charge in [0.2, 0.25) is 5.96 Å². The van der Waals surface area contributed by atoms with Gasteiger partial charge in [0.15, 0.2) is 5.88 Å². The van der Waals surface area contributed by atoms with Crippen molar-refractivity contribution in [3.63, 3.8) is 0 Å². The number of benzene rings is 1. The molecule has 0 unspecified atom stereocenters. The fourth-order valence-corrected chi connectivity index (χ4v) is 1.99. The summed E-state index contributed by atoms with van der Waals surface area (Å²) in [6.07, 6.45) is 5.34. The van der Waals surface area contributed by atoms with Gasteiger partial charge in [0.25, 0.3) is 0 Å². The van der Waals surface area contributed by atoms with E-state index in [1.807, 2.05) is 41.0 Å². The van der Waals surface area contributed by atoms with Crippen LogP contribution in [0, 0.1) is 5.41 Å². The quantitative estimate of drug-likeness (QED) is 0.430. The maximum atomic E-state index is 6.98. The highest BCUT2D eigenvalue weighted by molar-refractivity contribution is 5.75. The van der Waals surface area contributed by atoms with Gasteiger partial charge in [-0.25, -0.2) is 5.43 Å². The highest BCUT2D eigenvalue weighted by atomic mass is 16.5. The molecule has 1 aromatic carbocycles. The summed E-state index contributed by atoms with van der Waals surface area (Å²) in [5, 5.41) is 10.8. The average Bonchev–Trinajstić information content (AvgIpc) is 2.91. The number of guanidine groups is 1. The number of para-hydroxylation sites is 1. The first-order chi connectivity index (χ1) is 10.2. The van der Waals surface area contributed by atoms with E-state index in [2.05, 4.69) is 16.7 Å². The standard InChI is InChI=1S/C15H19N5O/c1-21-14-10-12(6-5-9-18-19-15(16)17)11-20(14)13-7-3-2-4-8-13/h2-4,7-11H,5-6H2,1H3,(H4,16,17,19). The minimum atomic E-state index is -0.164. The molecular weight excluding hydrogens is 266 g/mol. The van der Waals surface area contributed by atoms with Crippen molar-refractivity contribution in [3.8, 4) is 11.6 Å². The Bertz CT molecular complexity index is 618. The number of aryl methyl sites for hydroxylation is 1. The van der Waals surface area contributed by atoms with Crippen molar-refractivity contribution >= 4 is 12.2 Å². The second-order valence-electron chi connectivity index (χ2n) is 4.47. The van der Waals surface area contributed by atoms with Crippen LogP contribution in [0.1, 0.15) is 12.0 Å². The lowest BCUT2D eigenvalue weighted by molar-refractivity contribution is 0.390. The zero-order valence-corrected chi connectivity index (χ0v) is 11.9. The van der Waals surface area contributed by atoms with Crippen LogP contribution in [-0.2, 0) is 6.42 Å². The molecule has 6 heteroatoms. The Labute approximate surface area is 123 Å². The maximum Gasteiger partial charge on any atom is 0.206 e. The fraction of sp³-hybridized carbons (Fsp3) is 0.200. The third-order valence-corrected chi connectivity index (χ3v) is 2.92. The van der Waals surface area contributed by atoms with Crippen LogP contribution in [0.3, 0.4) is 0 Å². The predicted octanol–water partition coefficient (Wildman–Crippen LogP) is 1.89. The Morgan fingerprint density at radius 3 is 2.86 bits per heavy atom. The Morgan fingerprint density at radius 2 is 2.19 bits per heavy atom. The number of hydrogen-bond acceptors (Lipinski definition) is 3. The first-order valence-electron chi connectivity index (χ1n) is 6.63. The zero-order chi connectivity index (χ0) is 15.1. The van der Waals surface area contributed by atoms with E-state index in [-0.39, 0.29) is 5.96 Å². The summed E-state index contributed by atoms with van der Waals surface area (Å²) in [6.45, 7) is 0. The Balaban J connectivity index is 2.04. The van der Waals surface area contributed by atoms with E-state index in [1.165, 1.54) is 0 Å². The van der Waals surface area contributed by atoms with Gasteiger partial charge in [-0.05, 0) is 30.5 Å². The van der Waals surface area contributed by atoms with Crippen molar-refractivity contribution in [2.75, 3.05) is 7.11 Å². The number of aromatic nitrogens is 1. The van der Waals surface area contributed by atoms with Gasteiger partial charge in [-0.2, -0.15) is 5.10 Å². The second-order valence-corrected chi connectivity index (χ2v) is 4.47. The van der Waals surface area contributed by atoms with Crippen LogP contribution in [0.4, 0.5) is 0 Å². The molecule has 0 aliphatic rings. The molecule has 0 saturated heterocycles. The van der Waals surface area contributed by atoms with Crippen LogP contribution >= 0.6 is 0 Å². The molecule has 0 atom stereocenters. The molecule has 1 aromatic heterocycles. The van der Waals surface area contributed by atoms with Crippen LogP contribution in [0.15, 0.2) is 47.7 Å². The molecule has 1 heterocycles. The van der Waals surface area contributed by atoms with E-state index < -0.39 is 0 Å². The van der Waals surface area contributed by atoms with Gasteiger partial charge < -0.3 is 10.5 Å². The first-order valence-corrected chi connectivity index (χ1v) is 6.63. The summed E-state index contributed by atoms with van der Waals surface area (Å²) in [7, 11) is 1.66. The lowest BCUT2D eigenvalue weighted by Crippen LogP contribution is -2.25. The second kappa shape index (κ2) is 7.14. The number of ether oxygens (including phenoxy) is 1. The number of nitrogens with two attached hydrogens (primary N) is 1. The summed E-state index contributed by atoms with van der Waals surface area (Å²) in [4.78, 5) is 0. The van der Waals surface area contributed by atoms with Gasteiger partial charge in [0.1, 0.15) is 0 Å². The van der Waals surface area contributed by atoms with E-state index in [4.69, 9.17) is 15.9 Å². The van der Waals surface area contributed by atoms with Crippen molar-refractivity contribution in [1.82, 2.24) is 9.99 Å². The molecule has 6 nitrogen and oxygen atoms in total. The van der Waals surface area contributed by atoms with Crippen LogP contribution in [0.25, 0.3) is 5.69 Å². The van der Waals surface area contributed by atoms with Crippen molar-refractivity contribution in [1.29, 1.82) is 5.41 Å². The van der Waals surface area contributed by atoms with Gasteiger partial charge in [0, 0.05) is 24.2 Å². The molecule has 4 N–H and O–H groups in total. The van der Waals surface area contributed by atoms with Crippen molar-refractivity contribution in [2.45, 2.75) is 12.8 Å². The summed E-state index contributed by atoms with van der Waals surface area (Å²) in [5.74, 6) is 0.637.